The first-order chi connectivity index (χ1) is 13.4. The number of aliphatic hydroxyl groups excluding tert-OH is 1. The van der Waals surface area contributed by atoms with Crippen LogP contribution in [0.2, 0.25) is 0 Å². The molecule has 3 aliphatic rings. The first-order valence-corrected chi connectivity index (χ1v) is 11.3. The number of nitrogens with one attached hydrogen (secondary N) is 1. The van der Waals surface area contributed by atoms with Crippen molar-refractivity contribution in [1.82, 2.24) is 10.2 Å². The molecular weight excluding hydrogens is 380 g/mol. The van der Waals surface area contributed by atoms with Gasteiger partial charge in [0.2, 0.25) is 11.8 Å². The van der Waals surface area contributed by atoms with E-state index in [-0.39, 0.29) is 35.7 Å². The number of aliphatic hydroxyl groups is 1. The predicted molar refractivity (Wildman–Crippen MR) is 107 cm³/mol. The van der Waals surface area contributed by atoms with Crippen molar-refractivity contribution in [1.29, 1.82) is 0 Å². The van der Waals surface area contributed by atoms with E-state index in [0.717, 1.165) is 25.7 Å². The summed E-state index contributed by atoms with van der Waals surface area (Å²) < 4.78 is 4.76. The molecule has 0 saturated carbocycles. The van der Waals surface area contributed by atoms with Crippen LogP contribution in [0.5, 0.6) is 0 Å². The van der Waals surface area contributed by atoms with Gasteiger partial charge in [-0.05, 0) is 52.9 Å². The molecule has 3 aliphatic heterocycles. The number of hydrogen-bond donors (Lipinski definition) is 2. The van der Waals surface area contributed by atoms with E-state index in [4.69, 9.17) is 9.84 Å². The molecular formula is C20H32N2O5S. The van der Waals surface area contributed by atoms with Gasteiger partial charge in [0.25, 0.3) is 0 Å². The van der Waals surface area contributed by atoms with Gasteiger partial charge in [-0.1, -0.05) is 0 Å². The molecule has 3 fully saturated rings. The summed E-state index contributed by atoms with van der Waals surface area (Å²) in [6.45, 7) is 6.50. The van der Waals surface area contributed by atoms with Crippen molar-refractivity contribution in [2.24, 2.45) is 11.8 Å². The van der Waals surface area contributed by atoms with Gasteiger partial charge in [0, 0.05) is 24.4 Å². The molecule has 0 aromatic carbocycles. The summed E-state index contributed by atoms with van der Waals surface area (Å²) in [6.07, 6.45) is 3.83. The normalized spacial score (nSPS) is 33.5. The number of hydrogen-bond acceptors (Lipinski definition) is 6. The van der Waals surface area contributed by atoms with E-state index < -0.39 is 22.6 Å². The summed E-state index contributed by atoms with van der Waals surface area (Å²) in [4.78, 5) is 40.9. The van der Waals surface area contributed by atoms with E-state index in [1.54, 1.807) is 23.6 Å². The van der Waals surface area contributed by atoms with Gasteiger partial charge < -0.3 is 20.1 Å². The second kappa shape index (κ2) is 8.61. The SMILES string of the molecule is CCOC(=O)[C@@H]1[C@@H]2CCC3(S2)C(C(=O)NC(C)C)N(CCCCCO)C(=O)[C@H]13. The second-order valence-corrected chi connectivity index (χ2v) is 9.89. The highest BCUT2D eigenvalue weighted by Gasteiger charge is 2.73. The molecule has 3 saturated heterocycles. The molecule has 2 N–H and O–H groups in total. The van der Waals surface area contributed by atoms with E-state index in [2.05, 4.69) is 5.32 Å². The van der Waals surface area contributed by atoms with Crippen molar-refractivity contribution in [3.63, 3.8) is 0 Å². The number of amides is 2. The zero-order valence-corrected chi connectivity index (χ0v) is 17.8. The van der Waals surface area contributed by atoms with E-state index in [0.29, 0.717) is 19.6 Å². The third-order valence-corrected chi connectivity index (χ3v) is 8.05. The summed E-state index contributed by atoms with van der Waals surface area (Å²) in [5.74, 6) is -1.43. The van der Waals surface area contributed by atoms with Gasteiger partial charge in [-0.25, -0.2) is 0 Å². The molecule has 0 aliphatic carbocycles. The van der Waals surface area contributed by atoms with Gasteiger partial charge in [-0.15, -0.1) is 11.8 Å². The topological polar surface area (TPSA) is 95.9 Å². The molecule has 2 amide bonds. The highest BCUT2D eigenvalue weighted by atomic mass is 32.2. The fourth-order valence-corrected chi connectivity index (χ4v) is 7.34. The number of esters is 1. The number of carbonyl (C=O) groups excluding carboxylic acids is 3. The van der Waals surface area contributed by atoms with Gasteiger partial charge in [0.15, 0.2) is 0 Å². The molecule has 2 unspecified atom stereocenters. The Labute approximate surface area is 170 Å². The Morgan fingerprint density at radius 1 is 1.36 bits per heavy atom. The van der Waals surface area contributed by atoms with Crippen LogP contribution in [-0.2, 0) is 19.1 Å². The highest BCUT2D eigenvalue weighted by molar-refractivity contribution is 8.02. The lowest BCUT2D eigenvalue weighted by Crippen LogP contribution is -2.54. The Balaban J connectivity index is 1.89. The van der Waals surface area contributed by atoms with Gasteiger partial charge in [-0.3, -0.25) is 14.4 Å². The zero-order chi connectivity index (χ0) is 20.5. The van der Waals surface area contributed by atoms with Crippen LogP contribution in [0.4, 0.5) is 0 Å². The van der Waals surface area contributed by atoms with Crippen molar-refractivity contribution in [3.8, 4) is 0 Å². The summed E-state index contributed by atoms with van der Waals surface area (Å²) in [7, 11) is 0. The Morgan fingerprint density at radius 2 is 2.11 bits per heavy atom. The van der Waals surface area contributed by atoms with Crippen LogP contribution in [0, 0.1) is 11.8 Å². The standard InChI is InChI=1S/C20H32N2O5S/c1-4-27-19(26)14-13-8-9-20(28-13)15(14)18(25)22(10-6-5-7-11-23)16(20)17(24)21-12(2)3/h12-16,23H,4-11H2,1-3H3,(H,21,24)/t13-,14+,15-,16?,20?/m0/s1. The van der Waals surface area contributed by atoms with E-state index in [1.165, 1.54) is 0 Å². The van der Waals surface area contributed by atoms with Crippen molar-refractivity contribution >= 4 is 29.5 Å². The minimum atomic E-state index is -0.545. The molecule has 0 aromatic rings. The quantitative estimate of drug-likeness (QED) is 0.438. The molecule has 2 bridgehead atoms. The number of unbranched alkanes of at least 4 members (excludes halogenated alkanes) is 2. The summed E-state index contributed by atoms with van der Waals surface area (Å²) in [5.41, 5.74) is 0. The van der Waals surface area contributed by atoms with Crippen LogP contribution in [0.15, 0.2) is 0 Å². The molecule has 7 nitrogen and oxygen atoms in total. The number of likely N-dealkylation sites (tertiary alicyclic amines) is 1. The van der Waals surface area contributed by atoms with E-state index >= 15 is 0 Å². The average Bonchev–Trinajstić information content (AvgIpc) is 3.26. The summed E-state index contributed by atoms with van der Waals surface area (Å²) in [6, 6.07) is -0.560. The number of nitrogens with zero attached hydrogens (tertiary/aromatic N) is 1. The average molecular weight is 413 g/mol. The lowest BCUT2D eigenvalue weighted by atomic mass is 9.71. The largest absolute Gasteiger partial charge is 0.466 e. The lowest BCUT2D eigenvalue weighted by Gasteiger charge is -2.34. The van der Waals surface area contributed by atoms with Crippen LogP contribution in [0.1, 0.15) is 52.9 Å². The number of carbonyl (C=O) groups is 3. The monoisotopic (exact) mass is 412 g/mol. The number of fused-ring (bicyclic) bond motifs is 1. The highest BCUT2D eigenvalue weighted by Crippen LogP contribution is 2.66. The van der Waals surface area contributed by atoms with Gasteiger partial charge >= 0.3 is 5.97 Å². The number of rotatable bonds is 9. The molecule has 5 atom stereocenters. The van der Waals surface area contributed by atoms with Gasteiger partial charge in [0.05, 0.1) is 23.2 Å². The second-order valence-electron chi connectivity index (χ2n) is 8.29. The Morgan fingerprint density at radius 3 is 2.75 bits per heavy atom. The fourth-order valence-electron chi connectivity index (χ4n) is 5.13. The Hall–Kier alpha value is -1.28. The van der Waals surface area contributed by atoms with Crippen LogP contribution in [-0.4, -0.2) is 69.6 Å². The Bertz CT molecular complexity index is 628. The summed E-state index contributed by atoms with van der Waals surface area (Å²) in [5, 5.41) is 12.1. The molecule has 0 aromatic heterocycles. The zero-order valence-electron chi connectivity index (χ0n) is 17.0. The molecule has 158 valence electrons. The maximum absolute atomic E-state index is 13.4. The molecule has 8 heteroatoms. The van der Waals surface area contributed by atoms with Crippen molar-refractivity contribution in [3.05, 3.63) is 0 Å². The first-order valence-electron chi connectivity index (χ1n) is 10.4. The summed E-state index contributed by atoms with van der Waals surface area (Å²) >= 11 is 1.66. The van der Waals surface area contributed by atoms with Crippen LogP contribution in [0.3, 0.4) is 0 Å². The van der Waals surface area contributed by atoms with Crippen LogP contribution in [0.25, 0.3) is 0 Å². The van der Waals surface area contributed by atoms with Crippen molar-refractivity contribution < 1.29 is 24.2 Å². The smallest absolute Gasteiger partial charge is 0.310 e. The molecule has 3 rings (SSSR count). The molecule has 28 heavy (non-hydrogen) atoms. The maximum atomic E-state index is 13.4. The molecule has 0 radical (unpaired) electrons. The predicted octanol–water partition coefficient (Wildman–Crippen LogP) is 1.33. The van der Waals surface area contributed by atoms with Crippen molar-refractivity contribution in [2.75, 3.05) is 19.8 Å². The lowest BCUT2D eigenvalue weighted by molar-refractivity contribution is -0.153. The van der Waals surface area contributed by atoms with Crippen molar-refractivity contribution in [2.45, 2.75) is 75.0 Å². The van der Waals surface area contributed by atoms with Crippen LogP contribution < -0.4 is 5.32 Å². The van der Waals surface area contributed by atoms with Gasteiger partial charge in [0.1, 0.15) is 6.04 Å². The third kappa shape index (κ3) is 3.54. The van der Waals surface area contributed by atoms with E-state index in [9.17, 15) is 14.4 Å². The minimum absolute atomic E-state index is 0.0150. The molecule has 1 spiro atoms. The Kier molecular flexibility index (Phi) is 6.59. The number of ether oxygens (including phenoxy) is 1. The minimum Gasteiger partial charge on any atom is -0.466 e. The van der Waals surface area contributed by atoms with E-state index in [1.807, 2.05) is 13.8 Å². The number of thioether (sulfide) groups is 1. The van der Waals surface area contributed by atoms with Gasteiger partial charge in [-0.2, -0.15) is 0 Å². The first kappa shape index (κ1) is 21.4. The fraction of sp³-hybridized carbons (Fsp3) is 0.850. The third-order valence-electron chi connectivity index (χ3n) is 6.10. The maximum Gasteiger partial charge on any atom is 0.310 e. The molecule has 3 heterocycles. The van der Waals surface area contributed by atoms with Crippen LogP contribution >= 0.6 is 11.8 Å².